The minimum Gasteiger partial charge on any atom is -0.371 e. The fraction of sp³-hybridized carbons (Fsp3) is 0.455. The van der Waals surface area contributed by atoms with E-state index in [2.05, 4.69) is 40.6 Å². The largest absolute Gasteiger partial charge is 0.371 e. The van der Waals surface area contributed by atoms with Crippen molar-refractivity contribution >= 4 is 33.2 Å². The molecule has 7 nitrogen and oxygen atoms in total. The first-order valence-corrected chi connectivity index (χ1v) is 16.7. The molecule has 1 atom stereocenters. The lowest BCUT2D eigenvalue weighted by atomic mass is 9.71. The number of nitrogens with zero attached hydrogens (tertiary/aromatic N) is 3. The number of benzene rings is 2. The lowest BCUT2D eigenvalue weighted by molar-refractivity contribution is 0.0515. The summed E-state index contributed by atoms with van der Waals surface area (Å²) < 4.78 is 29.9. The fourth-order valence-electron chi connectivity index (χ4n) is 7.30. The molecule has 1 unspecified atom stereocenters. The molecule has 2 fully saturated rings. The van der Waals surface area contributed by atoms with Gasteiger partial charge in [0.2, 0.25) is 10.0 Å². The number of carbonyl (C=O) groups excluding carboxylic acids is 1. The maximum absolute atomic E-state index is 13.7. The average molecular weight is 607 g/mol. The van der Waals surface area contributed by atoms with Crippen molar-refractivity contribution in [3.63, 3.8) is 0 Å². The number of carbonyl (C=O) groups is 1. The van der Waals surface area contributed by atoms with Gasteiger partial charge in [0.05, 0.1) is 5.02 Å². The van der Waals surface area contributed by atoms with Crippen molar-refractivity contribution < 1.29 is 13.2 Å². The van der Waals surface area contributed by atoms with Gasteiger partial charge < -0.3 is 9.80 Å². The maximum Gasteiger partial charge on any atom is 0.253 e. The second kappa shape index (κ2) is 11.0. The van der Waals surface area contributed by atoms with Crippen molar-refractivity contribution in [3.05, 3.63) is 88.2 Å². The van der Waals surface area contributed by atoms with Crippen molar-refractivity contribution in [1.29, 1.82) is 0 Å². The topological polar surface area (TPSA) is 82.6 Å². The van der Waals surface area contributed by atoms with Crippen molar-refractivity contribution in [2.24, 2.45) is 5.41 Å². The number of pyridine rings is 1. The summed E-state index contributed by atoms with van der Waals surface area (Å²) >= 11 is 6.32. The standard InChI is InChI=1S/C33H39ClN4O3S/c1-23-5-4-6-28(34)30(23)42(40,41)36-29-22-32(2,3)27-8-7-24(21-26(27)29)31(39)38-19-13-33(14-20-38)11-17-37(18-12-33)25-9-15-35-16-10-25/h4-10,15-16,21,29,36H,11-14,17-20,22H2,1-3H3. The molecule has 3 aliphatic rings. The number of rotatable bonds is 5. The first-order valence-electron chi connectivity index (χ1n) is 14.8. The van der Waals surface area contributed by atoms with E-state index in [4.69, 9.17) is 11.6 Å². The molecule has 6 rings (SSSR count). The van der Waals surface area contributed by atoms with Crippen LogP contribution in [0.25, 0.3) is 0 Å². The van der Waals surface area contributed by atoms with Gasteiger partial charge in [-0.25, -0.2) is 13.1 Å². The summed E-state index contributed by atoms with van der Waals surface area (Å²) in [6.45, 7) is 9.54. The lowest BCUT2D eigenvalue weighted by Gasteiger charge is -2.47. The first kappa shape index (κ1) is 29.1. The Balaban J connectivity index is 1.15. The molecule has 0 bridgehead atoms. The van der Waals surface area contributed by atoms with Gasteiger partial charge >= 0.3 is 0 Å². The Hall–Kier alpha value is -2.94. The molecular formula is C33H39ClN4O3S. The number of aromatic nitrogens is 1. The highest BCUT2D eigenvalue weighted by atomic mass is 35.5. The average Bonchev–Trinajstić information content (AvgIpc) is 3.21. The number of nitrogens with one attached hydrogen (secondary N) is 1. The number of fused-ring (bicyclic) bond motifs is 1. The van der Waals surface area contributed by atoms with E-state index in [1.807, 2.05) is 35.5 Å². The Morgan fingerprint density at radius 3 is 2.31 bits per heavy atom. The van der Waals surface area contributed by atoms with Gasteiger partial charge in [-0.1, -0.05) is 43.6 Å². The quantitative estimate of drug-likeness (QED) is 0.370. The van der Waals surface area contributed by atoms with Gasteiger partial charge in [0.15, 0.2) is 0 Å². The van der Waals surface area contributed by atoms with Crippen LogP contribution in [0.15, 0.2) is 65.8 Å². The van der Waals surface area contributed by atoms with Crippen molar-refractivity contribution in [3.8, 4) is 0 Å². The summed E-state index contributed by atoms with van der Waals surface area (Å²) in [5, 5.41) is 0.204. The third kappa shape index (κ3) is 5.45. The summed E-state index contributed by atoms with van der Waals surface area (Å²) in [5.41, 5.74) is 4.45. The molecule has 1 spiro atoms. The van der Waals surface area contributed by atoms with E-state index in [1.54, 1.807) is 25.1 Å². The number of sulfonamides is 1. The first-order chi connectivity index (χ1) is 20.0. The number of hydrogen-bond donors (Lipinski definition) is 1. The molecule has 0 radical (unpaired) electrons. The molecule has 1 aliphatic carbocycles. The zero-order valence-electron chi connectivity index (χ0n) is 24.6. The van der Waals surface area contributed by atoms with Crippen LogP contribution in [0, 0.1) is 12.3 Å². The molecule has 2 aliphatic heterocycles. The fourth-order valence-corrected chi connectivity index (χ4v) is 9.35. The van der Waals surface area contributed by atoms with Crippen LogP contribution in [0.4, 0.5) is 5.69 Å². The Kier molecular flexibility index (Phi) is 7.61. The van der Waals surface area contributed by atoms with Crippen LogP contribution >= 0.6 is 11.6 Å². The van der Waals surface area contributed by atoms with Crippen LogP contribution in [-0.4, -0.2) is 50.4 Å². The summed E-state index contributed by atoms with van der Waals surface area (Å²) in [7, 11) is -3.87. The summed E-state index contributed by atoms with van der Waals surface area (Å²) in [4.78, 5) is 22.4. The van der Waals surface area contributed by atoms with Gasteiger partial charge in [-0.15, -0.1) is 0 Å². The van der Waals surface area contributed by atoms with E-state index in [-0.39, 0.29) is 21.2 Å². The van der Waals surface area contributed by atoms with E-state index in [0.717, 1.165) is 63.0 Å². The second-order valence-corrected chi connectivity index (χ2v) is 15.0. The van der Waals surface area contributed by atoms with E-state index >= 15 is 0 Å². The van der Waals surface area contributed by atoms with Crippen LogP contribution < -0.4 is 9.62 Å². The zero-order chi connectivity index (χ0) is 29.7. The Labute approximate surface area is 254 Å². The van der Waals surface area contributed by atoms with Crippen LogP contribution in [-0.2, 0) is 15.4 Å². The van der Waals surface area contributed by atoms with Gasteiger partial charge in [0.1, 0.15) is 4.90 Å². The predicted molar refractivity (Wildman–Crippen MR) is 167 cm³/mol. The van der Waals surface area contributed by atoms with Crippen molar-refractivity contribution in [1.82, 2.24) is 14.6 Å². The van der Waals surface area contributed by atoms with E-state index in [1.165, 1.54) is 5.69 Å². The normalized spacial score (nSPS) is 21.4. The monoisotopic (exact) mass is 606 g/mol. The molecule has 9 heteroatoms. The highest BCUT2D eigenvalue weighted by Crippen LogP contribution is 2.46. The molecule has 1 N–H and O–H groups in total. The van der Waals surface area contributed by atoms with Gasteiger partial charge in [-0.2, -0.15) is 0 Å². The minimum atomic E-state index is -3.87. The van der Waals surface area contributed by atoms with E-state index < -0.39 is 16.1 Å². The number of anilines is 1. The van der Waals surface area contributed by atoms with Crippen LogP contribution in [0.2, 0.25) is 5.02 Å². The van der Waals surface area contributed by atoms with Crippen LogP contribution in [0.1, 0.15) is 79.0 Å². The van der Waals surface area contributed by atoms with Crippen LogP contribution in [0.5, 0.6) is 0 Å². The Morgan fingerprint density at radius 1 is 0.976 bits per heavy atom. The Morgan fingerprint density at radius 2 is 1.64 bits per heavy atom. The number of amides is 1. The molecule has 2 saturated heterocycles. The molecule has 222 valence electrons. The highest BCUT2D eigenvalue weighted by molar-refractivity contribution is 7.89. The molecule has 3 heterocycles. The van der Waals surface area contributed by atoms with Gasteiger partial charge in [0.25, 0.3) is 5.91 Å². The summed E-state index contributed by atoms with van der Waals surface area (Å²) in [5.74, 6) is 0.0233. The predicted octanol–water partition coefficient (Wildman–Crippen LogP) is 6.27. The number of likely N-dealkylation sites (tertiary alicyclic amines) is 1. The molecular weight excluding hydrogens is 568 g/mol. The van der Waals surface area contributed by atoms with E-state index in [9.17, 15) is 13.2 Å². The number of halogens is 1. The molecule has 2 aromatic carbocycles. The molecule has 1 aromatic heterocycles. The number of piperidine rings is 2. The third-order valence-electron chi connectivity index (χ3n) is 9.81. The lowest BCUT2D eigenvalue weighted by Crippen LogP contribution is -2.48. The highest BCUT2D eigenvalue weighted by Gasteiger charge is 2.41. The number of hydrogen-bond acceptors (Lipinski definition) is 5. The molecule has 1 amide bonds. The maximum atomic E-state index is 13.7. The summed E-state index contributed by atoms with van der Waals surface area (Å²) in [6.07, 6.45) is 8.60. The van der Waals surface area contributed by atoms with Gasteiger partial charge in [-0.3, -0.25) is 9.78 Å². The van der Waals surface area contributed by atoms with E-state index in [0.29, 0.717) is 23.0 Å². The zero-order valence-corrected chi connectivity index (χ0v) is 26.1. The molecule has 42 heavy (non-hydrogen) atoms. The summed E-state index contributed by atoms with van der Waals surface area (Å²) in [6, 6.07) is 14.6. The minimum absolute atomic E-state index is 0.0233. The van der Waals surface area contributed by atoms with Crippen molar-refractivity contribution in [2.75, 3.05) is 31.1 Å². The van der Waals surface area contributed by atoms with Gasteiger partial charge in [-0.05, 0) is 96.9 Å². The number of aryl methyl sites for hydroxylation is 1. The molecule has 0 saturated carbocycles. The SMILES string of the molecule is Cc1cccc(Cl)c1S(=O)(=O)NC1CC(C)(C)c2ccc(C(=O)N3CCC4(CC3)CCN(c3ccncc3)CC4)cc21. The second-order valence-electron chi connectivity index (χ2n) is 12.9. The van der Waals surface area contributed by atoms with Crippen LogP contribution in [0.3, 0.4) is 0 Å². The van der Waals surface area contributed by atoms with Gasteiger partial charge in [0, 0.05) is 55.9 Å². The Bertz CT molecular complexity index is 1570. The molecule has 3 aromatic rings. The third-order valence-corrected chi connectivity index (χ3v) is 11.9. The van der Waals surface area contributed by atoms with Crippen molar-refractivity contribution in [2.45, 2.75) is 69.2 Å². The smallest absolute Gasteiger partial charge is 0.253 e.